The van der Waals surface area contributed by atoms with Gasteiger partial charge in [-0.1, -0.05) is 0 Å². The Bertz CT molecular complexity index is 899. The number of nitrogens with one attached hydrogen (secondary N) is 1. The molecule has 0 aromatic carbocycles. The van der Waals surface area contributed by atoms with Gasteiger partial charge in [0.05, 0.1) is 17.6 Å². The van der Waals surface area contributed by atoms with Crippen LogP contribution in [-0.4, -0.2) is 65.1 Å². The average Bonchev–Trinajstić information content (AvgIpc) is 2.92. The number of fused-ring (bicyclic) bond motifs is 1. The summed E-state index contributed by atoms with van der Waals surface area (Å²) in [7, 11) is 7.51. The van der Waals surface area contributed by atoms with E-state index in [0.717, 1.165) is 5.82 Å². The molecule has 0 saturated carbocycles. The van der Waals surface area contributed by atoms with Gasteiger partial charge in [0, 0.05) is 34.4 Å². The lowest BCUT2D eigenvalue weighted by atomic mass is 10.2. The van der Waals surface area contributed by atoms with E-state index >= 15 is 0 Å². The summed E-state index contributed by atoms with van der Waals surface area (Å²) >= 11 is 0. The van der Waals surface area contributed by atoms with Gasteiger partial charge in [-0.3, -0.25) is 5.41 Å². The van der Waals surface area contributed by atoms with Crippen molar-refractivity contribution < 1.29 is 0 Å². The molecule has 0 unspecified atom stereocenters. The van der Waals surface area contributed by atoms with Gasteiger partial charge in [-0.15, -0.1) is 0 Å². The SMILES string of the molecule is CN(C)C1=N/C(=N\c2cnn3c(N(C)C)ccnc23)C(N)=CC1=N. The molecule has 9 nitrogen and oxygen atoms in total. The Morgan fingerprint density at radius 2 is 1.96 bits per heavy atom. The van der Waals surface area contributed by atoms with E-state index < -0.39 is 0 Å². The molecule has 3 N–H and O–H groups in total. The molecule has 0 spiro atoms. The first-order valence-electron chi connectivity index (χ1n) is 7.29. The molecule has 3 rings (SSSR count). The molecule has 0 atom stereocenters. The summed E-state index contributed by atoms with van der Waals surface area (Å²) < 4.78 is 1.71. The second-order valence-electron chi connectivity index (χ2n) is 5.74. The van der Waals surface area contributed by atoms with Crippen molar-refractivity contribution in [2.75, 3.05) is 33.1 Å². The Labute approximate surface area is 139 Å². The van der Waals surface area contributed by atoms with Crippen LogP contribution >= 0.6 is 0 Å². The van der Waals surface area contributed by atoms with Gasteiger partial charge in [-0.25, -0.2) is 15.0 Å². The largest absolute Gasteiger partial charge is 0.396 e. The molecular weight excluding hydrogens is 306 g/mol. The molecule has 0 bridgehead atoms. The van der Waals surface area contributed by atoms with Crippen LogP contribution in [-0.2, 0) is 0 Å². The van der Waals surface area contributed by atoms with Crippen molar-refractivity contribution in [3.8, 4) is 0 Å². The van der Waals surface area contributed by atoms with Crippen LogP contribution in [0, 0.1) is 5.41 Å². The Hall–Kier alpha value is -3.23. The number of aliphatic imine (C=N–C) groups is 2. The van der Waals surface area contributed by atoms with Crippen molar-refractivity contribution in [1.29, 1.82) is 5.41 Å². The maximum absolute atomic E-state index is 7.93. The number of anilines is 1. The van der Waals surface area contributed by atoms with Crippen LogP contribution in [0.5, 0.6) is 0 Å². The van der Waals surface area contributed by atoms with Crippen molar-refractivity contribution in [3.63, 3.8) is 0 Å². The number of dihydropyridines is 1. The van der Waals surface area contributed by atoms with Gasteiger partial charge in [-0.05, 0) is 12.1 Å². The fourth-order valence-electron chi connectivity index (χ4n) is 2.34. The van der Waals surface area contributed by atoms with Gasteiger partial charge in [-0.2, -0.15) is 9.61 Å². The fraction of sp³-hybridized carbons (Fsp3) is 0.267. The number of amidine groups is 2. The number of rotatable bonds is 2. The van der Waals surface area contributed by atoms with Crippen LogP contribution in [0.15, 0.2) is 40.2 Å². The lowest BCUT2D eigenvalue weighted by Gasteiger charge is -2.19. The van der Waals surface area contributed by atoms with E-state index in [0.29, 0.717) is 28.7 Å². The van der Waals surface area contributed by atoms with Gasteiger partial charge in [0.15, 0.2) is 17.3 Å². The third-order valence-electron chi connectivity index (χ3n) is 3.48. The molecular formula is C15H19N9. The Balaban J connectivity index is 2.12. The molecule has 24 heavy (non-hydrogen) atoms. The second-order valence-corrected chi connectivity index (χ2v) is 5.74. The predicted molar refractivity (Wildman–Crippen MR) is 95.5 cm³/mol. The van der Waals surface area contributed by atoms with Crippen molar-refractivity contribution in [2.45, 2.75) is 0 Å². The Morgan fingerprint density at radius 1 is 1.21 bits per heavy atom. The predicted octanol–water partition coefficient (Wildman–Crippen LogP) is 0.661. The van der Waals surface area contributed by atoms with Crippen LogP contribution in [0.2, 0.25) is 0 Å². The van der Waals surface area contributed by atoms with E-state index in [1.165, 1.54) is 0 Å². The molecule has 1 aliphatic heterocycles. The van der Waals surface area contributed by atoms with Crippen LogP contribution in [0.1, 0.15) is 0 Å². The number of nitrogens with two attached hydrogens (primary N) is 1. The summed E-state index contributed by atoms with van der Waals surface area (Å²) in [4.78, 5) is 16.9. The maximum atomic E-state index is 7.93. The zero-order chi connectivity index (χ0) is 17.4. The van der Waals surface area contributed by atoms with Crippen molar-refractivity contribution >= 4 is 34.5 Å². The highest BCUT2D eigenvalue weighted by atomic mass is 15.3. The molecule has 0 saturated heterocycles. The highest BCUT2D eigenvalue weighted by Gasteiger charge is 2.19. The molecule has 9 heteroatoms. The normalized spacial score (nSPS) is 16.3. The van der Waals surface area contributed by atoms with Crippen LogP contribution in [0.3, 0.4) is 0 Å². The monoisotopic (exact) mass is 325 g/mol. The summed E-state index contributed by atoms with van der Waals surface area (Å²) in [6.07, 6.45) is 4.88. The van der Waals surface area contributed by atoms with Crippen molar-refractivity contribution in [2.24, 2.45) is 15.7 Å². The number of aromatic nitrogens is 3. The van der Waals surface area contributed by atoms with Gasteiger partial charge >= 0.3 is 0 Å². The fourth-order valence-corrected chi connectivity index (χ4v) is 2.34. The van der Waals surface area contributed by atoms with E-state index in [9.17, 15) is 0 Å². The number of hydrogen-bond donors (Lipinski definition) is 2. The zero-order valence-corrected chi connectivity index (χ0v) is 14.0. The van der Waals surface area contributed by atoms with Gasteiger partial charge in [0.1, 0.15) is 11.5 Å². The van der Waals surface area contributed by atoms with Crippen molar-refractivity contribution in [1.82, 2.24) is 19.5 Å². The molecule has 2 aromatic rings. The molecule has 3 heterocycles. The molecule has 0 aliphatic carbocycles. The standard InChI is InChI=1S/C15H19N9/c1-22(2)12-5-6-18-15-11(8-19-24(12)15)20-13-9(16)7-10(17)14(21-13)23(3)4/h5-8,17H,16H2,1-4H3/b17-10?,20-13-. The van der Waals surface area contributed by atoms with E-state index in [2.05, 4.69) is 20.1 Å². The highest BCUT2D eigenvalue weighted by Crippen LogP contribution is 2.23. The first kappa shape index (κ1) is 15.7. The van der Waals surface area contributed by atoms with Crippen LogP contribution < -0.4 is 10.6 Å². The second kappa shape index (κ2) is 5.76. The number of nitrogens with zero attached hydrogens (tertiary/aromatic N) is 7. The Morgan fingerprint density at radius 3 is 2.62 bits per heavy atom. The molecule has 0 amide bonds. The summed E-state index contributed by atoms with van der Waals surface area (Å²) in [6.45, 7) is 0. The maximum Gasteiger partial charge on any atom is 0.183 e. The first-order chi connectivity index (χ1) is 11.4. The first-order valence-corrected chi connectivity index (χ1v) is 7.29. The third kappa shape index (κ3) is 2.60. The lowest BCUT2D eigenvalue weighted by Crippen LogP contribution is -2.34. The van der Waals surface area contributed by atoms with Gasteiger partial charge in [0.25, 0.3) is 0 Å². The summed E-state index contributed by atoms with van der Waals surface area (Å²) in [5.74, 6) is 1.74. The van der Waals surface area contributed by atoms with E-state index in [1.54, 1.807) is 27.9 Å². The third-order valence-corrected chi connectivity index (χ3v) is 3.48. The minimum absolute atomic E-state index is 0.254. The van der Waals surface area contributed by atoms with Crippen molar-refractivity contribution in [3.05, 3.63) is 30.2 Å². The molecule has 0 fully saturated rings. The van der Waals surface area contributed by atoms with Crippen LogP contribution in [0.25, 0.3) is 5.65 Å². The van der Waals surface area contributed by atoms with E-state index in [1.807, 2.05) is 39.2 Å². The minimum Gasteiger partial charge on any atom is -0.396 e. The zero-order valence-electron chi connectivity index (χ0n) is 14.0. The molecule has 2 aromatic heterocycles. The summed E-state index contributed by atoms with van der Waals surface area (Å²) in [5.41, 5.74) is 7.76. The highest BCUT2D eigenvalue weighted by molar-refractivity contribution is 6.48. The summed E-state index contributed by atoms with van der Waals surface area (Å²) in [5, 5.41) is 12.3. The molecule has 0 radical (unpaired) electrons. The Kier molecular flexibility index (Phi) is 3.76. The average molecular weight is 325 g/mol. The lowest BCUT2D eigenvalue weighted by molar-refractivity contribution is 0.631. The minimum atomic E-state index is 0.254. The molecule has 124 valence electrons. The van der Waals surface area contributed by atoms with Gasteiger partial charge < -0.3 is 15.5 Å². The van der Waals surface area contributed by atoms with Gasteiger partial charge in [0.2, 0.25) is 0 Å². The van der Waals surface area contributed by atoms with Crippen LogP contribution in [0.4, 0.5) is 11.5 Å². The number of hydrogen-bond acceptors (Lipinski definition) is 7. The quantitative estimate of drug-likeness (QED) is 0.842. The smallest absolute Gasteiger partial charge is 0.183 e. The summed E-state index contributed by atoms with van der Waals surface area (Å²) in [6, 6.07) is 1.87. The van der Waals surface area contributed by atoms with E-state index in [4.69, 9.17) is 11.1 Å². The molecule has 1 aliphatic rings. The van der Waals surface area contributed by atoms with E-state index in [-0.39, 0.29) is 5.71 Å². The topological polar surface area (TPSA) is 111 Å².